The minimum Gasteiger partial charge on any atom is -0.0804 e. The molecule has 1 unspecified atom stereocenters. The SMILES string of the molecule is CCCCCCCCc1ccc2cc(C3=CCC(CC)CC3)ccc2c1. The van der Waals surface area contributed by atoms with Gasteiger partial charge in [0, 0.05) is 0 Å². The first-order valence-electron chi connectivity index (χ1n) is 11.0. The van der Waals surface area contributed by atoms with Crippen LogP contribution in [0.3, 0.4) is 0 Å². The summed E-state index contributed by atoms with van der Waals surface area (Å²) in [5, 5.41) is 2.80. The monoisotopic (exact) mass is 348 g/mol. The lowest BCUT2D eigenvalue weighted by Gasteiger charge is -2.21. The average Bonchev–Trinajstić information content (AvgIpc) is 2.70. The maximum Gasteiger partial charge on any atom is -0.0178 e. The van der Waals surface area contributed by atoms with Gasteiger partial charge in [0.25, 0.3) is 0 Å². The molecule has 0 amide bonds. The molecule has 1 aliphatic rings. The van der Waals surface area contributed by atoms with Crippen LogP contribution in [0.2, 0.25) is 0 Å². The Morgan fingerprint density at radius 3 is 2.38 bits per heavy atom. The summed E-state index contributed by atoms with van der Waals surface area (Å²) in [5.74, 6) is 0.906. The predicted molar refractivity (Wildman–Crippen MR) is 117 cm³/mol. The van der Waals surface area contributed by atoms with Crippen LogP contribution in [-0.4, -0.2) is 0 Å². The molecule has 0 aromatic heterocycles. The molecule has 0 heteroatoms. The summed E-state index contributed by atoms with van der Waals surface area (Å²) in [6, 6.07) is 14.2. The molecule has 2 aromatic rings. The summed E-state index contributed by atoms with van der Waals surface area (Å²) in [6.45, 7) is 4.61. The largest absolute Gasteiger partial charge is 0.0804 e. The fraction of sp³-hybridized carbons (Fsp3) is 0.538. The highest BCUT2D eigenvalue weighted by Gasteiger charge is 2.14. The molecule has 1 aliphatic carbocycles. The van der Waals surface area contributed by atoms with Crippen LogP contribution in [0.5, 0.6) is 0 Å². The summed E-state index contributed by atoms with van der Waals surface area (Å²) in [5.41, 5.74) is 4.51. The van der Waals surface area contributed by atoms with E-state index in [4.69, 9.17) is 0 Å². The molecule has 140 valence electrons. The molecule has 1 atom stereocenters. The van der Waals surface area contributed by atoms with Crippen LogP contribution in [0, 0.1) is 5.92 Å². The van der Waals surface area contributed by atoms with Crippen molar-refractivity contribution in [3.05, 3.63) is 53.6 Å². The van der Waals surface area contributed by atoms with Gasteiger partial charge in [0.2, 0.25) is 0 Å². The summed E-state index contributed by atoms with van der Waals surface area (Å²) in [6.07, 6.45) is 17.2. The number of unbranched alkanes of at least 4 members (excludes halogenated alkanes) is 5. The van der Waals surface area contributed by atoms with Crippen LogP contribution in [0.15, 0.2) is 42.5 Å². The molecule has 0 nitrogen and oxygen atoms in total. The second kappa shape index (κ2) is 9.95. The van der Waals surface area contributed by atoms with E-state index in [2.05, 4.69) is 56.3 Å². The first-order chi connectivity index (χ1) is 12.8. The Morgan fingerprint density at radius 2 is 1.62 bits per heavy atom. The Morgan fingerprint density at radius 1 is 0.846 bits per heavy atom. The molecule has 0 saturated carbocycles. The fourth-order valence-corrected chi connectivity index (χ4v) is 4.28. The van der Waals surface area contributed by atoms with Crippen LogP contribution in [-0.2, 0) is 6.42 Å². The van der Waals surface area contributed by atoms with Gasteiger partial charge < -0.3 is 0 Å². The summed E-state index contributed by atoms with van der Waals surface area (Å²) in [4.78, 5) is 0. The molecule has 2 aromatic carbocycles. The van der Waals surface area contributed by atoms with Gasteiger partial charge in [-0.1, -0.05) is 88.8 Å². The molecule has 26 heavy (non-hydrogen) atoms. The van der Waals surface area contributed by atoms with Crippen LogP contribution in [0.1, 0.15) is 89.2 Å². The van der Waals surface area contributed by atoms with E-state index < -0.39 is 0 Å². The van der Waals surface area contributed by atoms with Gasteiger partial charge in [-0.3, -0.25) is 0 Å². The van der Waals surface area contributed by atoms with Gasteiger partial charge in [-0.05, 0) is 71.6 Å². The van der Waals surface area contributed by atoms with Crippen molar-refractivity contribution in [2.24, 2.45) is 5.92 Å². The van der Waals surface area contributed by atoms with Crippen molar-refractivity contribution in [1.82, 2.24) is 0 Å². The number of benzene rings is 2. The van der Waals surface area contributed by atoms with Crippen LogP contribution >= 0.6 is 0 Å². The lowest BCUT2D eigenvalue weighted by atomic mass is 9.85. The lowest BCUT2D eigenvalue weighted by molar-refractivity contribution is 0.471. The molecule has 0 N–H and O–H groups in total. The van der Waals surface area contributed by atoms with Crippen molar-refractivity contribution >= 4 is 16.3 Å². The van der Waals surface area contributed by atoms with E-state index in [-0.39, 0.29) is 0 Å². The molecule has 0 saturated heterocycles. The van der Waals surface area contributed by atoms with E-state index in [1.165, 1.54) is 92.5 Å². The average molecular weight is 349 g/mol. The quantitative estimate of drug-likeness (QED) is 0.399. The van der Waals surface area contributed by atoms with Crippen LogP contribution in [0.25, 0.3) is 16.3 Å². The minimum atomic E-state index is 0.906. The highest BCUT2D eigenvalue weighted by Crippen LogP contribution is 2.33. The molecule has 0 bridgehead atoms. The van der Waals surface area contributed by atoms with E-state index in [1.54, 1.807) is 5.57 Å². The van der Waals surface area contributed by atoms with E-state index in [9.17, 15) is 0 Å². The number of fused-ring (bicyclic) bond motifs is 1. The van der Waals surface area contributed by atoms with Crippen LogP contribution in [0.4, 0.5) is 0 Å². The number of aryl methyl sites for hydroxylation is 1. The molecular formula is C26H36. The third-order valence-corrected chi connectivity index (χ3v) is 6.19. The first kappa shape index (κ1) is 19.2. The van der Waals surface area contributed by atoms with Crippen molar-refractivity contribution in [2.75, 3.05) is 0 Å². The zero-order valence-electron chi connectivity index (χ0n) is 16.9. The van der Waals surface area contributed by atoms with Gasteiger partial charge in [-0.25, -0.2) is 0 Å². The van der Waals surface area contributed by atoms with Gasteiger partial charge >= 0.3 is 0 Å². The number of hydrogen-bond acceptors (Lipinski definition) is 0. The van der Waals surface area contributed by atoms with Gasteiger partial charge in [-0.15, -0.1) is 0 Å². The Labute approximate surface area is 160 Å². The fourth-order valence-electron chi connectivity index (χ4n) is 4.28. The Hall–Kier alpha value is -1.56. The van der Waals surface area contributed by atoms with E-state index >= 15 is 0 Å². The van der Waals surface area contributed by atoms with E-state index in [1.807, 2.05) is 0 Å². The molecule has 0 radical (unpaired) electrons. The zero-order valence-corrected chi connectivity index (χ0v) is 16.9. The molecule has 0 spiro atoms. The van der Waals surface area contributed by atoms with Crippen LogP contribution < -0.4 is 0 Å². The molecule has 0 fully saturated rings. The maximum atomic E-state index is 2.49. The van der Waals surface area contributed by atoms with Gasteiger partial charge in [-0.2, -0.15) is 0 Å². The first-order valence-corrected chi connectivity index (χ1v) is 11.0. The Bertz CT molecular complexity index is 722. The highest BCUT2D eigenvalue weighted by molar-refractivity contribution is 5.87. The number of hydrogen-bond donors (Lipinski definition) is 0. The van der Waals surface area contributed by atoms with E-state index in [0.29, 0.717) is 0 Å². The predicted octanol–water partition coefficient (Wildman–Crippen LogP) is 8.34. The molecular weight excluding hydrogens is 312 g/mol. The van der Waals surface area contributed by atoms with Gasteiger partial charge in [0.05, 0.1) is 0 Å². The smallest absolute Gasteiger partial charge is 0.0178 e. The second-order valence-corrected chi connectivity index (χ2v) is 8.19. The summed E-state index contributed by atoms with van der Waals surface area (Å²) >= 11 is 0. The topological polar surface area (TPSA) is 0 Å². The molecule has 0 aliphatic heterocycles. The maximum absolute atomic E-state index is 2.49. The van der Waals surface area contributed by atoms with Crippen molar-refractivity contribution in [2.45, 2.75) is 84.5 Å². The summed E-state index contributed by atoms with van der Waals surface area (Å²) < 4.78 is 0. The number of rotatable bonds is 9. The third-order valence-electron chi connectivity index (χ3n) is 6.19. The van der Waals surface area contributed by atoms with E-state index in [0.717, 1.165) is 5.92 Å². The normalized spacial score (nSPS) is 17.5. The minimum absolute atomic E-state index is 0.906. The Balaban J connectivity index is 1.60. The summed E-state index contributed by atoms with van der Waals surface area (Å²) in [7, 11) is 0. The van der Waals surface area contributed by atoms with Crippen molar-refractivity contribution in [1.29, 1.82) is 0 Å². The van der Waals surface area contributed by atoms with Crippen molar-refractivity contribution in [3.8, 4) is 0 Å². The second-order valence-electron chi connectivity index (χ2n) is 8.19. The standard InChI is InChI=1S/C26H36/c1-3-5-6-7-8-9-10-22-13-16-26-20-25(18-17-24(26)19-22)23-14-11-21(4-2)12-15-23/h13-14,16-21H,3-12,15H2,1-2H3. The van der Waals surface area contributed by atoms with Gasteiger partial charge in [0.1, 0.15) is 0 Å². The van der Waals surface area contributed by atoms with Gasteiger partial charge in [0.15, 0.2) is 0 Å². The van der Waals surface area contributed by atoms with Crippen molar-refractivity contribution < 1.29 is 0 Å². The number of allylic oxidation sites excluding steroid dienone is 2. The van der Waals surface area contributed by atoms with Crippen molar-refractivity contribution in [3.63, 3.8) is 0 Å². The highest BCUT2D eigenvalue weighted by atomic mass is 14.2. The third kappa shape index (κ3) is 5.22. The Kier molecular flexibility index (Phi) is 7.35. The zero-order chi connectivity index (χ0) is 18.2. The lowest BCUT2D eigenvalue weighted by Crippen LogP contribution is -2.03. The molecule has 3 rings (SSSR count). The molecule has 0 heterocycles.